The average molecular weight is 282 g/mol. The minimum absolute atomic E-state index is 0.609. The standard InChI is InChI=1S/C18H22OSi/c1-19-20-18(14-12-16-8-4-2-5-9-16)15-13-17-10-6-3-7-11-17/h2-11,18H,12-15H2,1H3. The van der Waals surface area contributed by atoms with Crippen LogP contribution >= 0.6 is 0 Å². The molecule has 1 nitrogen and oxygen atoms in total. The first-order valence-corrected chi connectivity index (χ1v) is 8.23. The lowest BCUT2D eigenvalue weighted by atomic mass is 10.0. The highest BCUT2D eigenvalue weighted by molar-refractivity contribution is 6.29. The number of aryl methyl sites for hydroxylation is 2. The van der Waals surface area contributed by atoms with E-state index in [4.69, 9.17) is 4.43 Å². The molecule has 0 heterocycles. The normalized spacial score (nSPS) is 10.9. The van der Waals surface area contributed by atoms with E-state index < -0.39 is 0 Å². The smallest absolute Gasteiger partial charge is 0.232 e. The van der Waals surface area contributed by atoms with Crippen LogP contribution in [0.15, 0.2) is 60.7 Å². The summed E-state index contributed by atoms with van der Waals surface area (Å²) in [4.78, 5) is 0. The first-order valence-electron chi connectivity index (χ1n) is 7.25. The molecule has 0 atom stereocenters. The van der Waals surface area contributed by atoms with E-state index in [9.17, 15) is 0 Å². The molecular formula is C18H22OSi. The van der Waals surface area contributed by atoms with Crippen molar-refractivity contribution in [2.75, 3.05) is 7.11 Å². The lowest BCUT2D eigenvalue weighted by molar-refractivity contribution is 0.421. The Labute approximate surface area is 124 Å². The largest absolute Gasteiger partial charge is 0.420 e. The summed E-state index contributed by atoms with van der Waals surface area (Å²) in [5.41, 5.74) is 3.52. The molecule has 104 valence electrons. The monoisotopic (exact) mass is 282 g/mol. The maximum atomic E-state index is 5.41. The van der Waals surface area contributed by atoms with Crippen LogP contribution in [0.3, 0.4) is 0 Å². The summed E-state index contributed by atoms with van der Waals surface area (Å²) in [6.07, 6.45) is 4.72. The summed E-state index contributed by atoms with van der Waals surface area (Å²) < 4.78 is 5.41. The number of hydrogen-bond donors (Lipinski definition) is 0. The van der Waals surface area contributed by atoms with E-state index in [1.165, 1.54) is 24.0 Å². The highest BCUT2D eigenvalue weighted by Gasteiger charge is 2.11. The summed E-state index contributed by atoms with van der Waals surface area (Å²) in [5.74, 6) is 0. The van der Waals surface area contributed by atoms with Crippen molar-refractivity contribution in [3.8, 4) is 0 Å². The van der Waals surface area contributed by atoms with Gasteiger partial charge in [-0.2, -0.15) is 0 Å². The third kappa shape index (κ3) is 5.31. The molecule has 0 fully saturated rings. The zero-order valence-electron chi connectivity index (χ0n) is 12.1. The summed E-state index contributed by atoms with van der Waals surface area (Å²) in [5, 5.41) is 0. The van der Waals surface area contributed by atoms with Crippen molar-refractivity contribution in [2.45, 2.75) is 31.2 Å². The Hall–Kier alpha value is -1.38. The predicted octanol–water partition coefficient (Wildman–Crippen LogP) is 4.31. The zero-order valence-corrected chi connectivity index (χ0v) is 13.1. The van der Waals surface area contributed by atoms with Gasteiger partial charge in [-0.25, -0.2) is 0 Å². The van der Waals surface area contributed by atoms with Crippen LogP contribution in [0.4, 0.5) is 0 Å². The molecule has 0 saturated carbocycles. The molecule has 20 heavy (non-hydrogen) atoms. The molecular weight excluding hydrogens is 260 g/mol. The van der Waals surface area contributed by atoms with Gasteiger partial charge < -0.3 is 4.43 Å². The fourth-order valence-electron chi connectivity index (χ4n) is 2.40. The van der Waals surface area contributed by atoms with Gasteiger partial charge in [-0.05, 0) is 42.4 Å². The first-order chi connectivity index (χ1) is 9.88. The molecule has 2 aromatic rings. The van der Waals surface area contributed by atoms with E-state index >= 15 is 0 Å². The molecule has 0 amide bonds. The van der Waals surface area contributed by atoms with Crippen molar-refractivity contribution in [1.29, 1.82) is 0 Å². The van der Waals surface area contributed by atoms with Crippen LogP contribution in [0.5, 0.6) is 0 Å². The van der Waals surface area contributed by atoms with Gasteiger partial charge in [0.25, 0.3) is 0 Å². The average Bonchev–Trinajstić information content (AvgIpc) is 2.52. The summed E-state index contributed by atoms with van der Waals surface area (Å²) in [6.45, 7) is 0. The lowest BCUT2D eigenvalue weighted by Crippen LogP contribution is -2.09. The third-order valence-electron chi connectivity index (χ3n) is 3.53. The van der Waals surface area contributed by atoms with Gasteiger partial charge in [0.2, 0.25) is 9.76 Å². The lowest BCUT2D eigenvalue weighted by Gasteiger charge is -2.14. The van der Waals surface area contributed by atoms with Gasteiger partial charge in [0.05, 0.1) is 0 Å². The summed E-state index contributed by atoms with van der Waals surface area (Å²) >= 11 is 0. The molecule has 0 N–H and O–H groups in total. The Morgan fingerprint density at radius 3 is 1.65 bits per heavy atom. The van der Waals surface area contributed by atoms with E-state index in [1.807, 2.05) is 7.11 Å². The summed E-state index contributed by atoms with van der Waals surface area (Å²) in [6, 6.07) is 21.5. The SMILES string of the molecule is CO[Si]C(CCc1ccccc1)CCc1ccccc1. The maximum absolute atomic E-state index is 5.41. The van der Waals surface area contributed by atoms with E-state index in [2.05, 4.69) is 60.7 Å². The Kier molecular flexibility index (Phi) is 6.55. The van der Waals surface area contributed by atoms with Gasteiger partial charge in [-0.1, -0.05) is 60.7 Å². The van der Waals surface area contributed by atoms with Crippen molar-refractivity contribution >= 4 is 9.76 Å². The fourth-order valence-corrected chi connectivity index (χ4v) is 3.26. The maximum Gasteiger partial charge on any atom is 0.232 e. The van der Waals surface area contributed by atoms with Crippen molar-refractivity contribution in [1.82, 2.24) is 0 Å². The van der Waals surface area contributed by atoms with Crippen LogP contribution in [0.1, 0.15) is 24.0 Å². The number of rotatable bonds is 8. The Bertz CT molecular complexity index is 426. The molecule has 0 bridgehead atoms. The molecule has 0 unspecified atom stereocenters. The minimum atomic E-state index is 0.609. The molecule has 0 aliphatic rings. The van der Waals surface area contributed by atoms with Crippen molar-refractivity contribution in [3.63, 3.8) is 0 Å². The fraction of sp³-hybridized carbons (Fsp3) is 0.333. The van der Waals surface area contributed by atoms with E-state index in [1.54, 1.807) is 0 Å². The number of hydrogen-bond acceptors (Lipinski definition) is 1. The van der Waals surface area contributed by atoms with Crippen molar-refractivity contribution in [2.24, 2.45) is 0 Å². The zero-order chi connectivity index (χ0) is 14.0. The molecule has 2 radical (unpaired) electrons. The van der Waals surface area contributed by atoms with Crippen LogP contribution in [0.2, 0.25) is 5.54 Å². The van der Waals surface area contributed by atoms with Gasteiger partial charge in [0, 0.05) is 7.11 Å². The second-order valence-corrected chi connectivity index (χ2v) is 6.53. The molecule has 0 aliphatic heterocycles. The van der Waals surface area contributed by atoms with Crippen LogP contribution in [0, 0.1) is 0 Å². The quantitative estimate of drug-likeness (QED) is 0.656. The van der Waals surface area contributed by atoms with E-state index in [0.717, 1.165) is 12.8 Å². The van der Waals surface area contributed by atoms with Gasteiger partial charge >= 0.3 is 0 Å². The molecule has 2 aromatic carbocycles. The van der Waals surface area contributed by atoms with Gasteiger partial charge in [-0.3, -0.25) is 0 Å². The summed E-state index contributed by atoms with van der Waals surface area (Å²) in [7, 11) is 2.43. The van der Waals surface area contributed by atoms with E-state index in [0.29, 0.717) is 15.3 Å². The van der Waals surface area contributed by atoms with Crippen LogP contribution < -0.4 is 0 Å². The molecule has 2 heteroatoms. The molecule has 0 spiro atoms. The Balaban J connectivity index is 1.81. The molecule has 2 rings (SSSR count). The van der Waals surface area contributed by atoms with Crippen LogP contribution in [-0.2, 0) is 17.3 Å². The van der Waals surface area contributed by atoms with Crippen LogP contribution in [-0.4, -0.2) is 16.9 Å². The first kappa shape index (κ1) is 15.0. The Morgan fingerprint density at radius 1 is 0.800 bits per heavy atom. The van der Waals surface area contributed by atoms with E-state index in [-0.39, 0.29) is 0 Å². The van der Waals surface area contributed by atoms with Gasteiger partial charge in [0.1, 0.15) is 0 Å². The minimum Gasteiger partial charge on any atom is -0.420 e. The topological polar surface area (TPSA) is 9.23 Å². The van der Waals surface area contributed by atoms with Gasteiger partial charge in [-0.15, -0.1) is 0 Å². The predicted molar refractivity (Wildman–Crippen MR) is 86.0 cm³/mol. The second kappa shape index (κ2) is 8.72. The molecule has 0 saturated heterocycles. The van der Waals surface area contributed by atoms with Crippen molar-refractivity contribution < 1.29 is 4.43 Å². The highest BCUT2D eigenvalue weighted by atomic mass is 28.2. The molecule has 0 aromatic heterocycles. The molecule has 0 aliphatic carbocycles. The highest BCUT2D eigenvalue weighted by Crippen LogP contribution is 2.21. The Morgan fingerprint density at radius 2 is 1.25 bits per heavy atom. The van der Waals surface area contributed by atoms with Gasteiger partial charge in [0.15, 0.2) is 0 Å². The third-order valence-corrected chi connectivity index (χ3v) is 4.68. The second-order valence-electron chi connectivity index (χ2n) is 5.07. The van der Waals surface area contributed by atoms with Crippen LogP contribution in [0.25, 0.3) is 0 Å². The van der Waals surface area contributed by atoms with Crippen molar-refractivity contribution in [3.05, 3.63) is 71.8 Å². The number of benzene rings is 2.